The zero-order valence-corrected chi connectivity index (χ0v) is 13.8. The van der Waals surface area contributed by atoms with Crippen LogP contribution in [-0.2, 0) is 11.3 Å². The van der Waals surface area contributed by atoms with E-state index >= 15 is 0 Å². The zero-order valence-electron chi connectivity index (χ0n) is 13.0. The summed E-state index contributed by atoms with van der Waals surface area (Å²) in [5, 5.41) is 7.17. The van der Waals surface area contributed by atoms with Gasteiger partial charge >= 0.3 is 0 Å². The maximum absolute atomic E-state index is 11.5. The van der Waals surface area contributed by atoms with Crippen LogP contribution in [0.15, 0.2) is 18.2 Å². The number of rotatable bonds is 3. The van der Waals surface area contributed by atoms with Crippen LogP contribution in [0.2, 0.25) is 5.02 Å². The van der Waals surface area contributed by atoms with E-state index in [1.54, 1.807) is 0 Å². The second-order valence-electron chi connectivity index (χ2n) is 6.43. The van der Waals surface area contributed by atoms with Crippen molar-refractivity contribution < 1.29 is 4.79 Å². The summed E-state index contributed by atoms with van der Waals surface area (Å²) in [6.07, 6.45) is 0.526. The molecular formula is C16H24ClN3O. The van der Waals surface area contributed by atoms with Gasteiger partial charge in [-0.1, -0.05) is 17.7 Å². The Kier molecular flexibility index (Phi) is 5.12. The molecular weight excluding hydrogens is 286 g/mol. The fourth-order valence-corrected chi connectivity index (χ4v) is 2.62. The molecule has 2 rings (SSSR count). The van der Waals surface area contributed by atoms with Crippen molar-refractivity contribution in [2.45, 2.75) is 39.3 Å². The minimum absolute atomic E-state index is 0.0345. The predicted octanol–water partition coefficient (Wildman–Crippen LogP) is 2.55. The van der Waals surface area contributed by atoms with Crippen LogP contribution in [0, 0.1) is 0 Å². The van der Waals surface area contributed by atoms with E-state index in [2.05, 4.69) is 42.4 Å². The van der Waals surface area contributed by atoms with Crippen molar-refractivity contribution >= 4 is 23.2 Å². The van der Waals surface area contributed by atoms with Crippen molar-refractivity contribution in [1.29, 1.82) is 0 Å². The monoisotopic (exact) mass is 309 g/mol. The Labute approximate surface area is 131 Å². The largest absolute Gasteiger partial charge is 0.369 e. The van der Waals surface area contributed by atoms with Gasteiger partial charge in [0.05, 0.1) is 0 Å². The van der Waals surface area contributed by atoms with Crippen molar-refractivity contribution in [3.05, 3.63) is 28.8 Å². The van der Waals surface area contributed by atoms with Crippen molar-refractivity contribution in [2.75, 3.05) is 24.5 Å². The number of nitrogens with zero attached hydrogens (tertiary/aromatic N) is 1. The van der Waals surface area contributed by atoms with Crippen LogP contribution in [-0.4, -0.2) is 31.1 Å². The Bertz CT molecular complexity index is 511. The first-order valence-electron chi connectivity index (χ1n) is 7.41. The summed E-state index contributed by atoms with van der Waals surface area (Å²) in [5.41, 5.74) is 2.26. The summed E-state index contributed by atoms with van der Waals surface area (Å²) in [5.74, 6) is 0.119. The number of carbonyl (C=O) groups is 1. The van der Waals surface area contributed by atoms with Gasteiger partial charge in [0.15, 0.2) is 0 Å². The highest BCUT2D eigenvalue weighted by Gasteiger charge is 2.19. The smallest absolute Gasteiger partial charge is 0.221 e. The van der Waals surface area contributed by atoms with Crippen LogP contribution in [0.3, 0.4) is 0 Å². The standard InChI is InChI=1S/C16H24ClN3O/c1-16(2,3)19-11-12-13(17)5-4-6-14(12)20-9-7-15(21)18-8-10-20/h4-6,19H,7-11H2,1-3H3,(H,18,21). The molecule has 1 aromatic rings. The molecule has 0 saturated carbocycles. The van der Waals surface area contributed by atoms with Gasteiger partial charge < -0.3 is 15.5 Å². The van der Waals surface area contributed by atoms with Gasteiger partial charge in [-0.2, -0.15) is 0 Å². The molecule has 2 N–H and O–H groups in total. The van der Waals surface area contributed by atoms with Crippen molar-refractivity contribution in [3.63, 3.8) is 0 Å². The van der Waals surface area contributed by atoms with E-state index in [4.69, 9.17) is 11.6 Å². The lowest BCUT2D eigenvalue weighted by Gasteiger charge is -2.27. The SMILES string of the molecule is CC(C)(C)NCc1c(Cl)cccc1N1CCNC(=O)CC1. The fourth-order valence-electron chi connectivity index (χ4n) is 2.38. The number of benzene rings is 1. The van der Waals surface area contributed by atoms with Crippen molar-refractivity contribution in [1.82, 2.24) is 10.6 Å². The molecule has 0 aromatic heterocycles. The van der Waals surface area contributed by atoms with Gasteiger partial charge in [-0.25, -0.2) is 0 Å². The molecule has 1 fully saturated rings. The van der Waals surface area contributed by atoms with E-state index < -0.39 is 0 Å². The van der Waals surface area contributed by atoms with Crippen LogP contribution in [0.5, 0.6) is 0 Å². The van der Waals surface area contributed by atoms with E-state index in [9.17, 15) is 4.79 Å². The van der Waals surface area contributed by atoms with Gasteiger partial charge in [0.25, 0.3) is 0 Å². The minimum Gasteiger partial charge on any atom is -0.369 e. The topological polar surface area (TPSA) is 44.4 Å². The van der Waals surface area contributed by atoms with Gasteiger partial charge in [-0.05, 0) is 32.9 Å². The van der Waals surface area contributed by atoms with Gasteiger partial charge in [-0.15, -0.1) is 0 Å². The second-order valence-corrected chi connectivity index (χ2v) is 6.84. The molecule has 1 amide bonds. The summed E-state index contributed by atoms with van der Waals surface area (Å²) in [7, 11) is 0. The molecule has 0 bridgehead atoms. The Hall–Kier alpha value is -1.26. The third-order valence-electron chi connectivity index (χ3n) is 3.54. The minimum atomic E-state index is 0.0345. The number of hydrogen-bond donors (Lipinski definition) is 2. The Morgan fingerprint density at radius 1 is 1.33 bits per heavy atom. The number of hydrogen-bond acceptors (Lipinski definition) is 3. The van der Waals surface area contributed by atoms with Crippen molar-refractivity contribution in [3.8, 4) is 0 Å². The highest BCUT2D eigenvalue weighted by molar-refractivity contribution is 6.31. The quantitative estimate of drug-likeness (QED) is 0.902. The first-order valence-corrected chi connectivity index (χ1v) is 7.79. The third-order valence-corrected chi connectivity index (χ3v) is 3.90. The normalized spacial score (nSPS) is 16.6. The number of carbonyl (C=O) groups excluding carboxylic acids is 1. The molecule has 0 radical (unpaired) electrons. The summed E-state index contributed by atoms with van der Waals surface area (Å²) >= 11 is 6.40. The lowest BCUT2D eigenvalue weighted by molar-refractivity contribution is -0.120. The van der Waals surface area contributed by atoms with Crippen LogP contribution < -0.4 is 15.5 Å². The predicted molar refractivity (Wildman–Crippen MR) is 87.9 cm³/mol. The molecule has 116 valence electrons. The molecule has 1 saturated heterocycles. The molecule has 1 aliphatic rings. The Morgan fingerprint density at radius 3 is 2.81 bits per heavy atom. The van der Waals surface area contributed by atoms with E-state index in [0.29, 0.717) is 13.0 Å². The number of halogens is 1. The molecule has 1 aromatic carbocycles. The molecule has 4 nitrogen and oxygen atoms in total. The van der Waals surface area contributed by atoms with Crippen molar-refractivity contribution in [2.24, 2.45) is 0 Å². The highest BCUT2D eigenvalue weighted by atomic mass is 35.5. The maximum Gasteiger partial charge on any atom is 0.221 e. The molecule has 0 unspecified atom stereocenters. The maximum atomic E-state index is 11.5. The zero-order chi connectivity index (χ0) is 15.5. The summed E-state index contributed by atoms with van der Waals surface area (Å²) in [6.45, 7) is 9.35. The Morgan fingerprint density at radius 2 is 2.10 bits per heavy atom. The molecule has 1 aliphatic heterocycles. The van der Waals surface area contributed by atoms with Gasteiger partial charge in [0.1, 0.15) is 0 Å². The van der Waals surface area contributed by atoms with E-state index in [1.165, 1.54) is 0 Å². The Balaban J connectivity index is 2.22. The van der Waals surface area contributed by atoms with E-state index in [1.807, 2.05) is 12.1 Å². The van der Waals surface area contributed by atoms with Gasteiger partial charge in [0.2, 0.25) is 5.91 Å². The lowest BCUT2D eigenvalue weighted by atomic mass is 10.1. The van der Waals surface area contributed by atoms with Crippen LogP contribution in [0.4, 0.5) is 5.69 Å². The number of nitrogens with one attached hydrogen (secondary N) is 2. The first kappa shape index (κ1) is 16.1. The summed E-state index contributed by atoms with van der Waals surface area (Å²) in [4.78, 5) is 13.7. The van der Waals surface area contributed by atoms with Crippen LogP contribution in [0.25, 0.3) is 0 Å². The second kappa shape index (κ2) is 6.67. The molecule has 0 atom stereocenters. The molecule has 0 spiro atoms. The average Bonchev–Trinajstić information content (AvgIpc) is 2.61. The fraction of sp³-hybridized carbons (Fsp3) is 0.562. The number of amides is 1. The average molecular weight is 310 g/mol. The van der Waals surface area contributed by atoms with E-state index in [-0.39, 0.29) is 11.4 Å². The van der Waals surface area contributed by atoms with E-state index in [0.717, 1.165) is 35.9 Å². The third kappa shape index (κ3) is 4.61. The van der Waals surface area contributed by atoms with Gasteiger partial charge in [-0.3, -0.25) is 4.79 Å². The molecule has 5 heteroatoms. The highest BCUT2D eigenvalue weighted by Crippen LogP contribution is 2.28. The molecule has 1 heterocycles. The van der Waals surface area contributed by atoms with Gasteiger partial charge in [0, 0.05) is 54.4 Å². The molecule has 21 heavy (non-hydrogen) atoms. The molecule has 0 aliphatic carbocycles. The lowest BCUT2D eigenvalue weighted by Crippen LogP contribution is -2.36. The van der Waals surface area contributed by atoms with Crippen LogP contribution in [0.1, 0.15) is 32.8 Å². The summed E-state index contributed by atoms with van der Waals surface area (Å²) in [6, 6.07) is 5.98. The summed E-state index contributed by atoms with van der Waals surface area (Å²) < 4.78 is 0. The van der Waals surface area contributed by atoms with Crippen LogP contribution >= 0.6 is 11.6 Å². The first-order chi connectivity index (χ1) is 9.87. The number of anilines is 1.